The lowest BCUT2D eigenvalue weighted by Gasteiger charge is -2.29. The van der Waals surface area contributed by atoms with Crippen molar-refractivity contribution in [2.45, 2.75) is 32.3 Å². The Labute approximate surface area is 106 Å². The standard InChI is InChI=1S/C14H18FNO2/c15-13-2-1-11-8-17-14(18-9-12(11)7-13)10-3-5-16-6-4-10/h1-2,7,10,14,16H,3-6,8-9H2. The molecule has 18 heavy (non-hydrogen) atoms. The Balaban J connectivity index is 1.70. The van der Waals surface area contributed by atoms with Gasteiger partial charge in [-0.2, -0.15) is 0 Å². The summed E-state index contributed by atoms with van der Waals surface area (Å²) in [5.41, 5.74) is 1.94. The van der Waals surface area contributed by atoms with Gasteiger partial charge in [0.25, 0.3) is 0 Å². The predicted octanol–water partition coefficient (Wildman–Crippen LogP) is 2.20. The minimum atomic E-state index is -0.210. The normalized spacial score (nSPS) is 25.5. The summed E-state index contributed by atoms with van der Waals surface area (Å²) in [5, 5.41) is 3.33. The molecule has 2 heterocycles. The monoisotopic (exact) mass is 251 g/mol. The molecule has 1 fully saturated rings. The van der Waals surface area contributed by atoms with Crippen LogP contribution < -0.4 is 5.32 Å². The summed E-state index contributed by atoms with van der Waals surface area (Å²) < 4.78 is 24.8. The van der Waals surface area contributed by atoms with E-state index in [0.717, 1.165) is 37.1 Å². The number of hydrogen-bond donors (Lipinski definition) is 1. The van der Waals surface area contributed by atoms with Gasteiger partial charge in [0, 0.05) is 5.92 Å². The average Bonchev–Trinajstić information content (AvgIpc) is 2.62. The van der Waals surface area contributed by atoms with Crippen LogP contribution in [0.15, 0.2) is 18.2 Å². The fraction of sp³-hybridized carbons (Fsp3) is 0.571. The van der Waals surface area contributed by atoms with Crippen molar-refractivity contribution in [1.29, 1.82) is 0 Å². The maximum absolute atomic E-state index is 13.2. The molecule has 1 saturated heterocycles. The van der Waals surface area contributed by atoms with E-state index in [1.807, 2.05) is 0 Å². The van der Waals surface area contributed by atoms with Gasteiger partial charge in [-0.25, -0.2) is 4.39 Å². The van der Waals surface area contributed by atoms with Crippen LogP contribution >= 0.6 is 0 Å². The van der Waals surface area contributed by atoms with Crippen molar-refractivity contribution < 1.29 is 13.9 Å². The first kappa shape index (κ1) is 12.1. The van der Waals surface area contributed by atoms with E-state index in [0.29, 0.717) is 19.1 Å². The van der Waals surface area contributed by atoms with Crippen LogP contribution in [-0.4, -0.2) is 19.4 Å². The van der Waals surface area contributed by atoms with Crippen molar-refractivity contribution in [3.05, 3.63) is 35.1 Å². The second-order valence-electron chi connectivity index (χ2n) is 4.99. The molecule has 3 rings (SSSR count). The van der Waals surface area contributed by atoms with E-state index in [2.05, 4.69) is 5.32 Å². The van der Waals surface area contributed by atoms with Gasteiger partial charge in [-0.3, -0.25) is 0 Å². The fourth-order valence-corrected chi connectivity index (χ4v) is 2.65. The van der Waals surface area contributed by atoms with Crippen LogP contribution in [0, 0.1) is 11.7 Å². The highest BCUT2D eigenvalue weighted by atomic mass is 19.1. The number of hydrogen-bond acceptors (Lipinski definition) is 3. The van der Waals surface area contributed by atoms with E-state index in [4.69, 9.17) is 9.47 Å². The third kappa shape index (κ3) is 2.55. The molecule has 0 saturated carbocycles. The number of nitrogens with one attached hydrogen (secondary N) is 1. The van der Waals surface area contributed by atoms with Gasteiger partial charge in [-0.05, 0) is 49.2 Å². The second-order valence-corrected chi connectivity index (χ2v) is 4.99. The smallest absolute Gasteiger partial charge is 0.161 e. The lowest BCUT2D eigenvalue weighted by Crippen LogP contribution is -2.36. The lowest BCUT2D eigenvalue weighted by atomic mass is 9.97. The average molecular weight is 251 g/mol. The molecule has 1 unspecified atom stereocenters. The topological polar surface area (TPSA) is 30.5 Å². The Morgan fingerprint density at radius 3 is 2.56 bits per heavy atom. The summed E-state index contributed by atoms with van der Waals surface area (Å²) in [6, 6.07) is 4.81. The van der Waals surface area contributed by atoms with Gasteiger partial charge in [0.1, 0.15) is 5.82 Å². The van der Waals surface area contributed by atoms with Crippen molar-refractivity contribution in [3.8, 4) is 0 Å². The Morgan fingerprint density at radius 1 is 1.06 bits per heavy atom. The third-order valence-corrected chi connectivity index (χ3v) is 3.74. The van der Waals surface area contributed by atoms with Gasteiger partial charge in [0.15, 0.2) is 6.29 Å². The van der Waals surface area contributed by atoms with Crippen LogP contribution in [0.1, 0.15) is 24.0 Å². The highest BCUT2D eigenvalue weighted by Gasteiger charge is 2.27. The van der Waals surface area contributed by atoms with Crippen LogP contribution in [0.4, 0.5) is 4.39 Å². The van der Waals surface area contributed by atoms with E-state index in [1.54, 1.807) is 12.1 Å². The molecule has 1 atom stereocenters. The summed E-state index contributed by atoms with van der Waals surface area (Å²) in [5.74, 6) is 0.239. The van der Waals surface area contributed by atoms with Gasteiger partial charge >= 0.3 is 0 Å². The Morgan fingerprint density at radius 2 is 1.78 bits per heavy atom. The Bertz CT molecular complexity index is 418. The van der Waals surface area contributed by atoms with Gasteiger partial charge in [0.2, 0.25) is 0 Å². The van der Waals surface area contributed by atoms with Crippen LogP contribution in [-0.2, 0) is 22.7 Å². The van der Waals surface area contributed by atoms with Crippen LogP contribution in [0.25, 0.3) is 0 Å². The number of fused-ring (bicyclic) bond motifs is 1. The molecule has 0 aliphatic carbocycles. The van der Waals surface area contributed by atoms with Crippen molar-refractivity contribution in [2.75, 3.05) is 13.1 Å². The van der Waals surface area contributed by atoms with Crippen molar-refractivity contribution in [2.24, 2.45) is 5.92 Å². The number of benzene rings is 1. The Hall–Kier alpha value is -0.970. The molecule has 98 valence electrons. The van der Waals surface area contributed by atoms with Crippen molar-refractivity contribution >= 4 is 0 Å². The number of rotatable bonds is 1. The molecule has 3 nitrogen and oxygen atoms in total. The molecule has 2 aliphatic heterocycles. The maximum atomic E-state index is 13.2. The zero-order chi connectivity index (χ0) is 12.4. The van der Waals surface area contributed by atoms with Crippen LogP contribution in [0.2, 0.25) is 0 Å². The number of ether oxygens (including phenoxy) is 2. The van der Waals surface area contributed by atoms with Gasteiger partial charge in [-0.15, -0.1) is 0 Å². The molecule has 2 aliphatic rings. The SMILES string of the molecule is Fc1ccc2c(c1)COC(C1CCNCC1)OC2. The molecular formula is C14H18FNO2. The minimum Gasteiger partial charge on any atom is -0.348 e. The summed E-state index contributed by atoms with van der Waals surface area (Å²) in [6.45, 7) is 3.01. The van der Waals surface area contributed by atoms with E-state index >= 15 is 0 Å². The van der Waals surface area contributed by atoms with Gasteiger partial charge < -0.3 is 14.8 Å². The molecule has 0 spiro atoms. The molecule has 1 aromatic rings. The second kappa shape index (κ2) is 5.34. The maximum Gasteiger partial charge on any atom is 0.161 e. The van der Waals surface area contributed by atoms with Crippen LogP contribution in [0.5, 0.6) is 0 Å². The summed E-state index contributed by atoms with van der Waals surface area (Å²) >= 11 is 0. The summed E-state index contributed by atoms with van der Waals surface area (Å²) in [4.78, 5) is 0. The van der Waals surface area contributed by atoms with E-state index in [9.17, 15) is 4.39 Å². The molecule has 1 N–H and O–H groups in total. The first-order chi connectivity index (χ1) is 8.83. The zero-order valence-electron chi connectivity index (χ0n) is 10.3. The van der Waals surface area contributed by atoms with E-state index < -0.39 is 0 Å². The molecule has 0 bridgehead atoms. The Kier molecular flexibility index (Phi) is 3.59. The molecule has 0 radical (unpaired) electrons. The van der Waals surface area contributed by atoms with Crippen molar-refractivity contribution in [1.82, 2.24) is 5.32 Å². The van der Waals surface area contributed by atoms with Crippen LogP contribution in [0.3, 0.4) is 0 Å². The zero-order valence-corrected chi connectivity index (χ0v) is 10.3. The number of piperidine rings is 1. The summed E-state index contributed by atoms with van der Waals surface area (Å²) in [7, 11) is 0. The van der Waals surface area contributed by atoms with Crippen molar-refractivity contribution in [3.63, 3.8) is 0 Å². The minimum absolute atomic E-state index is 0.150. The van der Waals surface area contributed by atoms with Gasteiger partial charge in [-0.1, -0.05) is 6.07 Å². The summed E-state index contributed by atoms with van der Waals surface area (Å²) in [6.07, 6.45) is 2.01. The highest BCUT2D eigenvalue weighted by Crippen LogP contribution is 2.26. The molecule has 0 aromatic heterocycles. The molecule has 0 amide bonds. The largest absolute Gasteiger partial charge is 0.348 e. The van der Waals surface area contributed by atoms with E-state index in [-0.39, 0.29) is 12.1 Å². The predicted molar refractivity (Wildman–Crippen MR) is 65.4 cm³/mol. The quantitative estimate of drug-likeness (QED) is 0.830. The number of halogens is 1. The molecular weight excluding hydrogens is 233 g/mol. The first-order valence-electron chi connectivity index (χ1n) is 6.54. The molecule has 4 heteroatoms. The van der Waals surface area contributed by atoms with E-state index in [1.165, 1.54) is 6.07 Å². The lowest BCUT2D eigenvalue weighted by molar-refractivity contribution is -0.182. The molecule has 1 aromatic carbocycles. The third-order valence-electron chi connectivity index (χ3n) is 3.74. The fourth-order valence-electron chi connectivity index (χ4n) is 2.65. The highest BCUT2D eigenvalue weighted by molar-refractivity contribution is 5.27. The van der Waals surface area contributed by atoms with Gasteiger partial charge in [0.05, 0.1) is 13.2 Å². The first-order valence-corrected chi connectivity index (χ1v) is 6.54.